The molecule has 1 aliphatic carbocycles. The highest BCUT2D eigenvalue weighted by Crippen LogP contribution is 2.29. The third-order valence-electron chi connectivity index (χ3n) is 3.61. The number of nitro groups is 1. The molecule has 0 bridgehead atoms. The highest BCUT2D eigenvalue weighted by Gasteiger charge is 2.21. The molecule has 0 aliphatic heterocycles. The van der Waals surface area contributed by atoms with Crippen molar-refractivity contribution in [1.29, 1.82) is 0 Å². The van der Waals surface area contributed by atoms with Crippen LogP contribution in [0.25, 0.3) is 0 Å². The largest absolute Gasteiger partial charge is 0.398 e. The van der Waals surface area contributed by atoms with Crippen molar-refractivity contribution in [1.82, 2.24) is 0 Å². The molecule has 0 amide bonds. The predicted octanol–water partition coefficient (Wildman–Crippen LogP) is 3.17. The molecule has 1 aromatic carbocycles. The fraction of sp³-hybridized carbons (Fsp3) is 0.538. The highest BCUT2D eigenvalue weighted by atomic mass is 16.6. The first kappa shape index (κ1) is 12.7. The Morgan fingerprint density at radius 2 is 2.06 bits per heavy atom. The Balaban J connectivity index is 2.15. The van der Waals surface area contributed by atoms with Crippen LogP contribution < -0.4 is 11.1 Å². The first-order valence-corrected chi connectivity index (χ1v) is 6.38. The standard InChI is InChI=1S/C13H19N3O2/c1-9-4-2-3-5-13(9)15-11-6-10(14)7-12(8-11)16(17)18/h6-9,13,15H,2-5,14H2,1H3. The molecule has 1 aromatic rings. The van der Waals surface area contributed by atoms with Gasteiger partial charge in [0.1, 0.15) is 0 Å². The number of hydrogen-bond acceptors (Lipinski definition) is 4. The number of nitrogens with zero attached hydrogens (tertiary/aromatic N) is 1. The van der Waals surface area contributed by atoms with Crippen LogP contribution in [0.3, 0.4) is 0 Å². The number of hydrogen-bond donors (Lipinski definition) is 2. The lowest BCUT2D eigenvalue weighted by atomic mass is 9.86. The molecule has 0 saturated heterocycles. The minimum absolute atomic E-state index is 0.0426. The monoisotopic (exact) mass is 249 g/mol. The van der Waals surface area contributed by atoms with E-state index in [0.717, 1.165) is 12.1 Å². The zero-order valence-electron chi connectivity index (χ0n) is 10.6. The van der Waals surface area contributed by atoms with Crippen molar-refractivity contribution < 1.29 is 4.92 Å². The van der Waals surface area contributed by atoms with Crippen molar-refractivity contribution in [3.8, 4) is 0 Å². The first-order valence-electron chi connectivity index (χ1n) is 6.38. The van der Waals surface area contributed by atoms with Crippen LogP contribution in [0.5, 0.6) is 0 Å². The Morgan fingerprint density at radius 3 is 2.72 bits per heavy atom. The summed E-state index contributed by atoms with van der Waals surface area (Å²) in [5.41, 5.74) is 6.91. The topological polar surface area (TPSA) is 81.2 Å². The maximum atomic E-state index is 10.8. The SMILES string of the molecule is CC1CCCCC1Nc1cc(N)cc([N+](=O)[O-])c1. The minimum Gasteiger partial charge on any atom is -0.398 e. The molecule has 2 atom stereocenters. The zero-order valence-corrected chi connectivity index (χ0v) is 10.6. The Kier molecular flexibility index (Phi) is 3.69. The predicted molar refractivity (Wildman–Crippen MR) is 72.6 cm³/mol. The van der Waals surface area contributed by atoms with E-state index in [1.165, 1.54) is 25.3 Å². The van der Waals surface area contributed by atoms with Gasteiger partial charge in [-0.3, -0.25) is 10.1 Å². The summed E-state index contributed by atoms with van der Waals surface area (Å²) in [5, 5.41) is 14.2. The van der Waals surface area contributed by atoms with Gasteiger partial charge in [0.15, 0.2) is 0 Å². The van der Waals surface area contributed by atoms with E-state index in [2.05, 4.69) is 12.2 Å². The van der Waals surface area contributed by atoms with E-state index in [-0.39, 0.29) is 5.69 Å². The second-order valence-electron chi connectivity index (χ2n) is 5.08. The van der Waals surface area contributed by atoms with Gasteiger partial charge in [-0.2, -0.15) is 0 Å². The molecule has 2 rings (SSSR count). The Labute approximate surface area is 107 Å². The summed E-state index contributed by atoms with van der Waals surface area (Å²) in [6.07, 6.45) is 4.81. The number of anilines is 2. The maximum absolute atomic E-state index is 10.8. The molecular weight excluding hydrogens is 230 g/mol. The van der Waals surface area contributed by atoms with Gasteiger partial charge in [0.2, 0.25) is 0 Å². The van der Waals surface area contributed by atoms with Crippen LogP contribution in [0.15, 0.2) is 18.2 Å². The van der Waals surface area contributed by atoms with Gasteiger partial charge in [0.25, 0.3) is 5.69 Å². The third kappa shape index (κ3) is 2.91. The van der Waals surface area contributed by atoms with Crippen LogP contribution in [0.2, 0.25) is 0 Å². The van der Waals surface area contributed by atoms with Gasteiger partial charge < -0.3 is 11.1 Å². The molecule has 5 heteroatoms. The lowest BCUT2D eigenvalue weighted by Gasteiger charge is -2.30. The van der Waals surface area contributed by atoms with Crippen molar-refractivity contribution >= 4 is 17.1 Å². The molecule has 0 spiro atoms. The highest BCUT2D eigenvalue weighted by molar-refractivity contribution is 5.61. The van der Waals surface area contributed by atoms with Gasteiger partial charge in [0.05, 0.1) is 4.92 Å². The van der Waals surface area contributed by atoms with Crippen molar-refractivity contribution in [3.63, 3.8) is 0 Å². The average molecular weight is 249 g/mol. The number of nitrogens with two attached hydrogens (primary N) is 1. The summed E-state index contributed by atoms with van der Waals surface area (Å²) in [5.74, 6) is 0.597. The minimum atomic E-state index is -0.411. The molecule has 1 aliphatic rings. The lowest BCUT2D eigenvalue weighted by Crippen LogP contribution is -2.30. The van der Waals surface area contributed by atoms with Gasteiger partial charge in [-0.1, -0.05) is 19.8 Å². The Morgan fingerprint density at radius 1 is 1.33 bits per heavy atom. The van der Waals surface area contributed by atoms with Crippen LogP contribution in [-0.4, -0.2) is 11.0 Å². The van der Waals surface area contributed by atoms with Gasteiger partial charge >= 0.3 is 0 Å². The second-order valence-corrected chi connectivity index (χ2v) is 5.08. The molecule has 0 aromatic heterocycles. The summed E-state index contributed by atoms with van der Waals surface area (Å²) in [4.78, 5) is 10.4. The molecule has 18 heavy (non-hydrogen) atoms. The maximum Gasteiger partial charge on any atom is 0.273 e. The molecular formula is C13H19N3O2. The molecule has 1 fully saturated rings. The van der Waals surface area contributed by atoms with E-state index < -0.39 is 4.92 Å². The van der Waals surface area contributed by atoms with E-state index in [1.807, 2.05) is 0 Å². The molecule has 1 saturated carbocycles. The number of non-ortho nitro benzene ring substituents is 1. The summed E-state index contributed by atoms with van der Waals surface area (Å²) in [6.45, 7) is 2.22. The summed E-state index contributed by atoms with van der Waals surface area (Å²) >= 11 is 0. The molecule has 98 valence electrons. The van der Waals surface area contributed by atoms with Gasteiger partial charge in [-0.15, -0.1) is 0 Å². The van der Waals surface area contributed by atoms with E-state index in [0.29, 0.717) is 17.6 Å². The summed E-state index contributed by atoms with van der Waals surface area (Å²) in [6, 6.07) is 5.08. The zero-order chi connectivity index (χ0) is 13.1. The van der Waals surface area contributed by atoms with Crippen molar-refractivity contribution in [2.24, 2.45) is 5.92 Å². The summed E-state index contributed by atoms with van der Waals surface area (Å²) < 4.78 is 0. The van der Waals surface area contributed by atoms with Gasteiger partial charge in [-0.05, 0) is 24.8 Å². The number of benzene rings is 1. The van der Waals surface area contributed by atoms with Crippen LogP contribution >= 0.6 is 0 Å². The number of nitro benzene ring substituents is 1. The fourth-order valence-corrected chi connectivity index (χ4v) is 2.57. The van der Waals surface area contributed by atoms with Crippen LogP contribution in [0.1, 0.15) is 32.6 Å². The number of nitrogens with one attached hydrogen (secondary N) is 1. The molecule has 5 nitrogen and oxygen atoms in total. The van der Waals surface area contributed by atoms with Crippen LogP contribution in [-0.2, 0) is 0 Å². The molecule has 3 N–H and O–H groups in total. The van der Waals surface area contributed by atoms with E-state index >= 15 is 0 Å². The normalized spacial score (nSPS) is 23.6. The average Bonchev–Trinajstić information content (AvgIpc) is 2.31. The van der Waals surface area contributed by atoms with Crippen molar-refractivity contribution in [3.05, 3.63) is 28.3 Å². The smallest absolute Gasteiger partial charge is 0.273 e. The second kappa shape index (κ2) is 5.25. The van der Waals surface area contributed by atoms with Gasteiger partial charge in [-0.25, -0.2) is 0 Å². The van der Waals surface area contributed by atoms with E-state index in [1.54, 1.807) is 12.1 Å². The van der Waals surface area contributed by atoms with E-state index in [9.17, 15) is 10.1 Å². The van der Waals surface area contributed by atoms with E-state index in [4.69, 9.17) is 5.73 Å². The van der Waals surface area contributed by atoms with Crippen molar-refractivity contribution in [2.75, 3.05) is 11.1 Å². The molecule has 0 heterocycles. The fourth-order valence-electron chi connectivity index (χ4n) is 2.57. The Bertz CT molecular complexity index is 448. The molecule has 2 unspecified atom stereocenters. The number of nitrogen functional groups attached to an aromatic ring is 1. The van der Waals surface area contributed by atoms with Crippen LogP contribution in [0, 0.1) is 16.0 Å². The van der Waals surface area contributed by atoms with Crippen molar-refractivity contribution in [2.45, 2.75) is 38.6 Å². The summed E-state index contributed by atoms with van der Waals surface area (Å²) in [7, 11) is 0. The quantitative estimate of drug-likeness (QED) is 0.489. The Hall–Kier alpha value is -1.78. The van der Waals surface area contributed by atoms with Crippen LogP contribution in [0.4, 0.5) is 17.1 Å². The van der Waals surface area contributed by atoms with Gasteiger partial charge in [0, 0.05) is 29.5 Å². The molecule has 0 radical (unpaired) electrons. The lowest BCUT2D eigenvalue weighted by molar-refractivity contribution is -0.384. The number of rotatable bonds is 3. The third-order valence-corrected chi connectivity index (χ3v) is 3.61. The first-order chi connectivity index (χ1) is 8.56.